The van der Waals surface area contributed by atoms with Crippen molar-refractivity contribution in [2.45, 2.75) is 38.1 Å². The number of aryl methyl sites for hydroxylation is 2. The Morgan fingerprint density at radius 3 is 2.35 bits per heavy atom. The van der Waals surface area contributed by atoms with E-state index in [1.807, 2.05) is 6.92 Å². The molecule has 2 N–H and O–H groups in total. The predicted octanol–water partition coefficient (Wildman–Crippen LogP) is 1.80. The van der Waals surface area contributed by atoms with Crippen molar-refractivity contribution < 1.29 is 12.8 Å². The van der Waals surface area contributed by atoms with Gasteiger partial charge in [-0.15, -0.1) is 0 Å². The van der Waals surface area contributed by atoms with E-state index in [9.17, 15) is 12.8 Å². The summed E-state index contributed by atoms with van der Waals surface area (Å²) in [7, 11) is -3.57. The van der Waals surface area contributed by atoms with Gasteiger partial charge in [-0.1, -0.05) is 0 Å². The highest BCUT2D eigenvalue weighted by Gasteiger charge is 2.35. The van der Waals surface area contributed by atoms with Crippen LogP contribution in [0.4, 0.5) is 4.39 Å². The first-order valence-electron chi connectivity index (χ1n) is 6.76. The number of nitrogens with zero attached hydrogens (tertiary/aromatic N) is 1. The number of hydrogen-bond acceptors (Lipinski definition) is 3. The molecule has 0 bridgehead atoms. The zero-order chi connectivity index (χ0) is 15.1. The van der Waals surface area contributed by atoms with Gasteiger partial charge in [0, 0.05) is 19.1 Å². The van der Waals surface area contributed by atoms with Crippen molar-refractivity contribution in [1.29, 1.82) is 0 Å². The number of halogens is 1. The molecule has 0 aliphatic carbocycles. The summed E-state index contributed by atoms with van der Waals surface area (Å²) in [6.45, 7) is 6.07. The normalized spacial score (nSPS) is 22.1. The Bertz CT molecular complexity index is 591. The van der Waals surface area contributed by atoms with Gasteiger partial charge < -0.3 is 5.73 Å². The lowest BCUT2D eigenvalue weighted by atomic mass is 10.0. The molecule has 6 heteroatoms. The third-order valence-electron chi connectivity index (χ3n) is 3.95. The molecule has 1 heterocycles. The van der Waals surface area contributed by atoms with E-state index < -0.39 is 15.8 Å². The summed E-state index contributed by atoms with van der Waals surface area (Å²) >= 11 is 0. The van der Waals surface area contributed by atoms with Crippen LogP contribution in [-0.2, 0) is 10.0 Å². The standard InChI is InChI=1S/C14H21FN2O2S/c1-9-6-13(15)7-10(2)14(9)20(18,19)17-5-4-12(8-17)11(3)16/h6-7,11-12H,4-5,8,16H2,1-3H3. The molecule has 0 radical (unpaired) electrons. The van der Waals surface area contributed by atoms with E-state index in [0.717, 1.165) is 6.42 Å². The van der Waals surface area contributed by atoms with Crippen molar-refractivity contribution in [3.63, 3.8) is 0 Å². The fourth-order valence-corrected chi connectivity index (χ4v) is 4.76. The van der Waals surface area contributed by atoms with E-state index in [1.54, 1.807) is 13.8 Å². The second kappa shape index (κ2) is 5.42. The van der Waals surface area contributed by atoms with E-state index >= 15 is 0 Å². The smallest absolute Gasteiger partial charge is 0.243 e. The van der Waals surface area contributed by atoms with Gasteiger partial charge >= 0.3 is 0 Å². The van der Waals surface area contributed by atoms with Crippen molar-refractivity contribution in [2.24, 2.45) is 11.7 Å². The Morgan fingerprint density at radius 1 is 1.35 bits per heavy atom. The summed E-state index contributed by atoms with van der Waals surface area (Å²) in [4.78, 5) is 0.226. The van der Waals surface area contributed by atoms with E-state index in [4.69, 9.17) is 5.73 Å². The SMILES string of the molecule is Cc1cc(F)cc(C)c1S(=O)(=O)N1CCC(C(C)N)C1. The molecule has 1 aliphatic rings. The van der Waals surface area contributed by atoms with E-state index in [-0.39, 0.29) is 16.9 Å². The van der Waals surface area contributed by atoms with Gasteiger partial charge in [0.15, 0.2) is 0 Å². The van der Waals surface area contributed by atoms with Gasteiger partial charge in [-0.2, -0.15) is 4.31 Å². The zero-order valence-corrected chi connectivity index (χ0v) is 12.9. The summed E-state index contributed by atoms with van der Waals surface area (Å²) in [5, 5.41) is 0. The maximum Gasteiger partial charge on any atom is 0.243 e. The third kappa shape index (κ3) is 2.73. The lowest BCUT2D eigenvalue weighted by molar-refractivity contribution is 0.428. The average molecular weight is 300 g/mol. The molecule has 1 aliphatic heterocycles. The topological polar surface area (TPSA) is 63.4 Å². The van der Waals surface area contributed by atoms with Gasteiger partial charge in [0.1, 0.15) is 5.82 Å². The van der Waals surface area contributed by atoms with Gasteiger partial charge in [-0.3, -0.25) is 0 Å². The molecule has 112 valence electrons. The quantitative estimate of drug-likeness (QED) is 0.926. The number of rotatable bonds is 3. The van der Waals surface area contributed by atoms with Crippen molar-refractivity contribution in [2.75, 3.05) is 13.1 Å². The van der Waals surface area contributed by atoms with Crippen LogP contribution in [0.2, 0.25) is 0 Å². The molecule has 1 aromatic rings. The number of nitrogens with two attached hydrogens (primary N) is 1. The van der Waals surface area contributed by atoms with E-state index in [2.05, 4.69) is 0 Å². The fraction of sp³-hybridized carbons (Fsp3) is 0.571. The predicted molar refractivity (Wildman–Crippen MR) is 76.4 cm³/mol. The highest BCUT2D eigenvalue weighted by molar-refractivity contribution is 7.89. The van der Waals surface area contributed by atoms with Crippen LogP contribution in [0.1, 0.15) is 24.5 Å². The van der Waals surface area contributed by atoms with Crippen LogP contribution in [0, 0.1) is 25.6 Å². The first-order chi connectivity index (χ1) is 9.23. The van der Waals surface area contributed by atoms with Crippen molar-refractivity contribution in [3.05, 3.63) is 29.1 Å². The summed E-state index contributed by atoms with van der Waals surface area (Å²) in [6, 6.07) is 2.50. The van der Waals surface area contributed by atoms with Gasteiger partial charge in [-0.05, 0) is 56.4 Å². The first-order valence-corrected chi connectivity index (χ1v) is 8.20. The maximum absolute atomic E-state index is 13.3. The average Bonchev–Trinajstić information content (AvgIpc) is 2.76. The minimum atomic E-state index is -3.57. The van der Waals surface area contributed by atoms with E-state index in [0.29, 0.717) is 24.2 Å². The number of hydrogen-bond donors (Lipinski definition) is 1. The Morgan fingerprint density at radius 2 is 1.90 bits per heavy atom. The van der Waals surface area contributed by atoms with Crippen molar-refractivity contribution in [1.82, 2.24) is 4.31 Å². The number of benzene rings is 1. The van der Waals surface area contributed by atoms with Crippen molar-refractivity contribution in [3.8, 4) is 0 Å². The molecule has 1 saturated heterocycles. The van der Waals surface area contributed by atoms with Crippen LogP contribution in [0.25, 0.3) is 0 Å². The molecule has 2 atom stereocenters. The van der Waals surface area contributed by atoms with Crippen LogP contribution < -0.4 is 5.73 Å². The van der Waals surface area contributed by atoms with Crippen LogP contribution in [-0.4, -0.2) is 31.9 Å². The fourth-order valence-electron chi connectivity index (χ4n) is 2.83. The Labute approximate surface area is 119 Å². The van der Waals surface area contributed by atoms with Crippen LogP contribution in [0.3, 0.4) is 0 Å². The molecular formula is C14H21FN2O2S. The Hall–Kier alpha value is -0.980. The molecule has 0 amide bonds. The van der Waals surface area contributed by atoms with Gasteiger partial charge in [-0.25, -0.2) is 12.8 Å². The highest BCUT2D eigenvalue weighted by atomic mass is 32.2. The Kier molecular flexibility index (Phi) is 4.18. The summed E-state index contributed by atoms with van der Waals surface area (Å²) in [6.07, 6.45) is 0.774. The van der Waals surface area contributed by atoms with Crippen LogP contribution in [0.5, 0.6) is 0 Å². The molecule has 1 fully saturated rings. The summed E-state index contributed by atoms with van der Waals surface area (Å²) in [5.74, 6) is -0.223. The largest absolute Gasteiger partial charge is 0.328 e. The summed E-state index contributed by atoms with van der Waals surface area (Å²) in [5.41, 5.74) is 6.75. The first kappa shape index (κ1) is 15.4. The second-order valence-corrected chi connectivity index (χ2v) is 7.51. The molecular weight excluding hydrogens is 279 g/mol. The molecule has 2 rings (SSSR count). The lowest BCUT2D eigenvalue weighted by Crippen LogP contribution is -2.33. The van der Waals surface area contributed by atoms with Crippen molar-refractivity contribution >= 4 is 10.0 Å². The molecule has 0 spiro atoms. The Balaban J connectivity index is 2.38. The zero-order valence-electron chi connectivity index (χ0n) is 12.1. The van der Waals surface area contributed by atoms with Crippen LogP contribution in [0.15, 0.2) is 17.0 Å². The molecule has 0 saturated carbocycles. The van der Waals surface area contributed by atoms with E-state index in [1.165, 1.54) is 16.4 Å². The molecule has 4 nitrogen and oxygen atoms in total. The van der Waals surface area contributed by atoms with Crippen LogP contribution >= 0.6 is 0 Å². The number of sulfonamides is 1. The molecule has 0 aromatic heterocycles. The minimum Gasteiger partial charge on any atom is -0.328 e. The maximum atomic E-state index is 13.3. The van der Waals surface area contributed by atoms with Gasteiger partial charge in [0.25, 0.3) is 0 Å². The molecule has 20 heavy (non-hydrogen) atoms. The summed E-state index contributed by atoms with van der Waals surface area (Å²) < 4.78 is 40.2. The highest BCUT2D eigenvalue weighted by Crippen LogP contribution is 2.29. The third-order valence-corrected chi connectivity index (χ3v) is 6.13. The minimum absolute atomic E-state index is 0.0226. The monoisotopic (exact) mass is 300 g/mol. The molecule has 1 aromatic carbocycles. The lowest BCUT2D eigenvalue weighted by Gasteiger charge is -2.20. The van der Waals surface area contributed by atoms with Gasteiger partial charge in [0.05, 0.1) is 4.90 Å². The second-order valence-electron chi connectivity index (χ2n) is 5.64. The molecule has 2 unspecified atom stereocenters. The van der Waals surface area contributed by atoms with Gasteiger partial charge in [0.2, 0.25) is 10.0 Å².